The van der Waals surface area contributed by atoms with Crippen molar-refractivity contribution in [3.8, 4) is 0 Å². The van der Waals surface area contributed by atoms with Crippen LogP contribution in [0, 0.1) is 0 Å². The van der Waals surface area contributed by atoms with Crippen molar-refractivity contribution in [2.75, 3.05) is 27.2 Å². The van der Waals surface area contributed by atoms with E-state index in [9.17, 15) is 4.79 Å². The summed E-state index contributed by atoms with van der Waals surface area (Å²) >= 11 is 0. The van der Waals surface area contributed by atoms with Gasteiger partial charge in [0.1, 0.15) is 19.7 Å². The Bertz CT molecular complexity index is 666. The summed E-state index contributed by atoms with van der Waals surface area (Å²) in [5.41, 5.74) is 3.92. The molecule has 0 aliphatic rings. The molecule has 2 aromatic rings. The maximum absolute atomic E-state index is 11.1. The Morgan fingerprint density at radius 1 is 1.00 bits per heavy atom. The molecule has 0 aliphatic carbocycles. The van der Waals surface area contributed by atoms with Gasteiger partial charge in [-0.2, -0.15) is 0 Å². The van der Waals surface area contributed by atoms with E-state index < -0.39 is 0 Å². The fraction of sp³-hybridized carbons (Fsp3) is 0.286. The molecule has 3 nitrogen and oxygen atoms in total. The number of carbonyl (C=O) groups is 1. The van der Waals surface area contributed by atoms with E-state index in [0.717, 1.165) is 24.0 Å². The molecule has 0 radical (unpaired) electrons. The zero-order valence-electron chi connectivity index (χ0n) is 15.0. The third-order valence-corrected chi connectivity index (χ3v) is 3.99. The van der Waals surface area contributed by atoms with Crippen molar-refractivity contribution in [1.82, 2.24) is 0 Å². The highest BCUT2D eigenvalue weighted by atomic mass is 79.9. The maximum Gasteiger partial charge on any atom is 0.330 e. The van der Waals surface area contributed by atoms with Crippen LogP contribution in [0.25, 0.3) is 0 Å². The molecule has 0 fully saturated rings. The van der Waals surface area contributed by atoms with Crippen molar-refractivity contribution in [3.63, 3.8) is 0 Å². The number of halogens is 1. The Kier molecular flexibility index (Phi) is 8.59. The van der Waals surface area contributed by atoms with Crippen molar-refractivity contribution >= 4 is 5.97 Å². The van der Waals surface area contributed by atoms with Crippen LogP contribution in [0.3, 0.4) is 0 Å². The summed E-state index contributed by atoms with van der Waals surface area (Å²) in [5, 5.41) is 0. The number of nitrogens with zero attached hydrogens (tertiary/aromatic N) is 1. The molecule has 0 bridgehead atoms. The second kappa shape index (κ2) is 10.2. The second-order valence-corrected chi connectivity index (χ2v) is 6.67. The van der Waals surface area contributed by atoms with E-state index in [4.69, 9.17) is 4.74 Å². The molecule has 0 saturated carbocycles. The molecule has 134 valence electrons. The van der Waals surface area contributed by atoms with Gasteiger partial charge in [0, 0.05) is 11.6 Å². The van der Waals surface area contributed by atoms with Gasteiger partial charge in [0.2, 0.25) is 0 Å². The van der Waals surface area contributed by atoms with Crippen molar-refractivity contribution in [1.29, 1.82) is 0 Å². The summed E-state index contributed by atoms with van der Waals surface area (Å²) in [4.78, 5) is 11.1. The summed E-state index contributed by atoms with van der Waals surface area (Å²) in [6.07, 6.45) is 2.16. The Balaban J connectivity index is 0.00000312. The van der Waals surface area contributed by atoms with Gasteiger partial charge < -0.3 is 26.2 Å². The average Bonchev–Trinajstić information content (AvgIpc) is 2.57. The highest BCUT2D eigenvalue weighted by molar-refractivity contribution is 5.81. The van der Waals surface area contributed by atoms with E-state index in [1.165, 1.54) is 22.8 Å². The Morgan fingerprint density at radius 3 is 2.16 bits per heavy atom. The third-order valence-electron chi connectivity index (χ3n) is 3.99. The molecule has 4 heteroatoms. The number of likely N-dealkylation sites (N-methyl/N-ethyl adjacent to an activating group) is 1. The zero-order valence-corrected chi connectivity index (χ0v) is 16.5. The van der Waals surface area contributed by atoms with Gasteiger partial charge in [-0.25, -0.2) is 4.79 Å². The molecule has 2 rings (SSSR count). The van der Waals surface area contributed by atoms with Gasteiger partial charge in [-0.1, -0.05) is 61.2 Å². The zero-order chi connectivity index (χ0) is 17.4. The Hall–Kier alpha value is -1.91. The van der Waals surface area contributed by atoms with Gasteiger partial charge in [0.15, 0.2) is 0 Å². The highest BCUT2D eigenvalue weighted by Gasteiger charge is 2.16. The molecule has 0 heterocycles. The monoisotopic (exact) mass is 403 g/mol. The van der Waals surface area contributed by atoms with Gasteiger partial charge >= 0.3 is 5.97 Å². The first kappa shape index (κ1) is 21.1. The lowest BCUT2D eigenvalue weighted by Gasteiger charge is -2.29. The first-order chi connectivity index (χ1) is 11.5. The lowest BCUT2D eigenvalue weighted by molar-refractivity contribution is -0.903. The maximum atomic E-state index is 11.1. The molecule has 0 aromatic heterocycles. The number of benzene rings is 2. The Morgan fingerprint density at radius 2 is 1.56 bits per heavy atom. The number of ether oxygens (including phenoxy) is 1. The Labute approximate surface area is 161 Å². The van der Waals surface area contributed by atoms with Crippen LogP contribution in [0.15, 0.2) is 67.3 Å². The van der Waals surface area contributed by atoms with Crippen molar-refractivity contribution in [2.24, 2.45) is 0 Å². The predicted molar refractivity (Wildman–Crippen MR) is 97.5 cm³/mol. The van der Waals surface area contributed by atoms with E-state index in [0.29, 0.717) is 6.61 Å². The van der Waals surface area contributed by atoms with Gasteiger partial charge in [-0.15, -0.1) is 0 Å². The minimum Gasteiger partial charge on any atom is -1.00 e. The van der Waals surface area contributed by atoms with Crippen molar-refractivity contribution in [3.05, 3.63) is 83.9 Å². The quantitative estimate of drug-likeness (QED) is 0.366. The van der Waals surface area contributed by atoms with Gasteiger partial charge in [-0.05, 0) is 17.5 Å². The molecule has 2 aromatic carbocycles. The number of carbonyl (C=O) groups excluding carboxylic acids is 1. The van der Waals surface area contributed by atoms with Crippen LogP contribution in [0.4, 0.5) is 0 Å². The predicted octanol–water partition coefficient (Wildman–Crippen LogP) is 0.587. The summed E-state index contributed by atoms with van der Waals surface area (Å²) in [6.45, 7) is 5.48. The SMILES string of the molecule is C=CC(=O)OCC[N+](C)(C)Cc1ccc(Cc2ccccc2)cc1.[Br-]. The summed E-state index contributed by atoms with van der Waals surface area (Å²) in [7, 11) is 4.28. The molecule has 0 atom stereocenters. The minimum atomic E-state index is -0.361. The highest BCUT2D eigenvalue weighted by Crippen LogP contribution is 2.14. The van der Waals surface area contributed by atoms with Crippen LogP contribution in [0.2, 0.25) is 0 Å². The van der Waals surface area contributed by atoms with Crippen LogP contribution < -0.4 is 17.0 Å². The number of esters is 1. The molecule has 0 amide bonds. The van der Waals surface area contributed by atoms with Crippen LogP contribution in [0.5, 0.6) is 0 Å². The molecule has 0 saturated heterocycles. The molecular weight excluding hydrogens is 378 g/mol. The van der Waals surface area contributed by atoms with Crippen LogP contribution in [0.1, 0.15) is 16.7 Å². The van der Waals surface area contributed by atoms with E-state index >= 15 is 0 Å². The van der Waals surface area contributed by atoms with Crippen LogP contribution in [-0.2, 0) is 22.5 Å². The van der Waals surface area contributed by atoms with Gasteiger partial charge in [0.05, 0.1) is 14.1 Å². The number of rotatable bonds is 8. The smallest absolute Gasteiger partial charge is 0.330 e. The topological polar surface area (TPSA) is 26.3 Å². The molecule has 0 aliphatic heterocycles. The van der Waals surface area contributed by atoms with Crippen molar-refractivity contribution < 1.29 is 31.0 Å². The molecule has 25 heavy (non-hydrogen) atoms. The fourth-order valence-corrected chi connectivity index (χ4v) is 2.62. The number of hydrogen-bond acceptors (Lipinski definition) is 2. The number of quaternary nitrogens is 1. The minimum absolute atomic E-state index is 0. The molecule has 0 unspecified atom stereocenters. The lowest BCUT2D eigenvalue weighted by Crippen LogP contribution is -3.00. The molecular formula is C21H26BrNO2. The van der Waals surface area contributed by atoms with E-state index in [2.05, 4.69) is 69.2 Å². The van der Waals surface area contributed by atoms with Gasteiger partial charge in [0.25, 0.3) is 0 Å². The summed E-state index contributed by atoms with van der Waals surface area (Å²) in [6, 6.07) is 19.3. The second-order valence-electron chi connectivity index (χ2n) is 6.67. The summed E-state index contributed by atoms with van der Waals surface area (Å²) in [5.74, 6) is -0.361. The van der Waals surface area contributed by atoms with Crippen LogP contribution in [-0.4, -0.2) is 37.7 Å². The molecule has 0 spiro atoms. The summed E-state index contributed by atoms with van der Waals surface area (Å²) < 4.78 is 5.84. The van der Waals surface area contributed by atoms with Gasteiger partial charge in [-0.3, -0.25) is 0 Å². The molecule has 0 N–H and O–H groups in total. The first-order valence-electron chi connectivity index (χ1n) is 8.21. The van der Waals surface area contributed by atoms with E-state index in [1.807, 2.05) is 6.07 Å². The fourth-order valence-electron chi connectivity index (χ4n) is 2.62. The largest absolute Gasteiger partial charge is 1.00 e. The first-order valence-corrected chi connectivity index (χ1v) is 8.21. The lowest BCUT2D eigenvalue weighted by atomic mass is 10.0. The van der Waals surface area contributed by atoms with Crippen molar-refractivity contribution in [2.45, 2.75) is 13.0 Å². The van der Waals surface area contributed by atoms with E-state index in [1.54, 1.807) is 0 Å². The average molecular weight is 404 g/mol. The number of hydrogen-bond donors (Lipinski definition) is 0. The van der Waals surface area contributed by atoms with Crippen LogP contribution >= 0.6 is 0 Å². The standard InChI is InChI=1S/C21H26NO2.BrH/c1-4-21(23)24-15-14-22(2,3)17-20-12-10-19(11-13-20)16-18-8-6-5-7-9-18;/h4-13H,1,14-17H2,2-3H3;1H/q+1;/p-1. The third kappa shape index (κ3) is 7.67. The normalized spacial score (nSPS) is 10.6. The van der Waals surface area contributed by atoms with E-state index in [-0.39, 0.29) is 23.0 Å².